The van der Waals surface area contributed by atoms with Crippen molar-refractivity contribution in [3.8, 4) is 5.75 Å². The first kappa shape index (κ1) is 18.6. The number of nitrogens with zero attached hydrogens (tertiary/aromatic N) is 2. The molecular weight excluding hydrogens is 328 g/mol. The second kappa shape index (κ2) is 7.88. The van der Waals surface area contributed by atoms with Crippen LogP contribution in [0.1, 0.15) is 30.0 Å². The Morgan fingerprint density at radius 1 is 1.12 bits per heavy atom. The Kier molecular flexibility index (Phi) is 6.10. The number of carbonyl (C=O) groups is 2. The van der Waals surface area contributed by atoms with E-state index in [2.05, 4.69) is 0 Å². The number of hydrogen-bond acceptors (Lipinski definition) is 3. The first-order valence-electron chi connectivity index (χ1n) is 8.27. The lowest BCUT2D eigenvalue weighted by Crippen LogP contribution is -2.50. The molecule has 6 heteroatoms. The molecule has 132 valence electrons. The van der Waals surface area contributed by atoms with E-state index < -0.39 is 0 Å². The summed E-state index contributed by atoms with van der Waals surface area (Å²) in [6.45, 7) is 8.05. The molecule has 1 saturated heterocycles. The van der Waals surface area contributed by atoms with E-state index in [1.165, 1.54) is 0 Å². The predicted molar refractivity (Wildman–Crippen MR) is 94.6 cm³/mol. The molecule has 1 fully saturated rings. The minimum Gasteiger partial charge on any atom is -0.496 e. The van der Waals surface area contributed by atoms with E-state index in [-0.39, 0.29) is 18.2 Å². The van der Waals surface area contributed by atoms with E-state index in [0.29, 0.717) is 43.4 Å². The van der Waals surface area contributed by atoms with Crippen molar-refractivity contribution in [3.63, 3.8) is 0 Å². The van der Waals surface area contributed by atoms with Gasteiger partial charge in [-0.1, -0.05) is 18.5 Å². The van der Waals surface area contributed by atoms with E-state index in [1.807, 2.05) is 36.6 Å². The Labute approximate surface area is 148 Å². The molecule has 0 unspecified atom stereocenters. The zero-order valence-corrected chi connectivity index (χ0v) is 15.6. The molecule has 2 amide bonds. The van der Waals surface area contributed by atoms with Gasteiger partial charge < -0.3 is 14.5 Å². The van der Waals surface area contributed by atoms with Gasteiger partial charge in [0.2, 0.25) is 11.8 Å². The number of amides is 2. The summed E-state index contributed by atoms with van der Waals surface area (Å²) in [5, 5.41) is 0.678. The molecule has 0 radical (unpaired) electrons. The van der Waals surface area contributed by atoms with Gasteiger partial charge in [-0.25, -0.2) is 0 Å². The fraction of sp³-hybridized carbons (Fsp3) is 0.556. The maximum Gasteiger partial charge on any atom is 0.227 e. The van der Waals surface area contributed by atoms with E-state index >= 15 is 0 Å². The third-order valence-electron chi connectivity index (χ3n) is 4.61. The molecule has 1 aromatic rings. The van der Waals surface area contributed by atoms with E-state index in [9.17, 15) is 9.59 Å². The molecule has 1 heterocycles. The van der Waals surface area contributed by atoms with Gasteiger partial charge in [0.15, 0.2) is 0 Å². The fourth-order valence-electron chi connectivity index (χ4n) is 3.05. The summed E-state index contributed by atoms with van der Waals surface area (Å²) in [5.41, 5.74) is 2.67. The van der Waals surface area contributed by atoms with Gasteiger partial charge in [-0.05, 0) is 31.0 Å². The van der Waals surface area contributed by atoms with Gasteiger partial charge >= 0.3 is 0 Å². The molecule has 0 bridgehead atoms. The summed E-state index contributed by atoms with van der Waals surface area (Å²) >= 11 is 6.33. The summed E-state index contributed by atoms with van der Waals surface area (Å²) < 4.78 is 5.43. The van der Waals surface area contributed by atoms with Crippen molar-refractivity contribution < 1.29 is 14.3 Å². The highest BCUT2D eigenvalue weighted by molar-refractivity contribution is 6.32. The van der Waals surface area contributed by atoms with Crippen LogP contribution in [0, 0.1) is 13.8 Å². The SMILES string of the molecule is CCC(=O)N1CCN(C(=O)Cc2c(OC)cc(C)c(Cl)c2C)CC1. The molecule has 1 aromatic carbocycles. The van der Waals surface area contributed by atoms with Gasteiger partial charge in [-0.2, -0.15) is 0 Å². The minimum atomic E-state index is 0.0416. The molecule has 5 nitrogen and oxygen atoms in total. The normalized spacial score (nSPS) is 14.7. The standard InChI is InChI=1S/C18H25ClN2O3/c1-5-16(22)20-6-8-21(9-7-20)17(23)11-14-13(3)18(19)12(2)10-15(14)24-4/h10H,5-9,11H2,1-4H3. The van der Waals surface area contributed by atoms with E-state index in [4.69, 9.17) is 16.3 Å². The monoisotopic (exact) mass is 352 g/mol. The largest absolute Gasteiger partial charge is 0.496 e. The molecule has 0 saturated carbocycles. The third kappa shape index (κ3) is 3.83. The van der Waals surface area contributed by atoms with Crippen LogP contribution in [0.25, 0.3) is 0 Å². The average molecular weight is 353 g/mol. The Morgan fingerprint density at radius 3 is 2.17 bits per heavy atom. The smallest absolute Gasteiger partial charge is 0.227 e. The zero-order valence-electron chi connectivity index (χ0n) is 14.8. The van der Waals surface area contributed by atoms with Crippen molar-refractivity contribution in [2.24, 2.45) is 0 Å². The van der Waals surface area contributed by atoms with Gasteiger partial charge in [0.25, 0.3) is 0 Å². The molecule has 1 aliphatic heterocycles. The summed E-state index contributed by atoms with van der Waals surface area (Å²) in [5.74, 6) is 0.882. The van der Waals surface area contributed by atoms with Gasteiger partial charge in [0.05, 0.1) is 13.5 Å². The van der Waals surface area contributed by atoms with Gasteiger partial charge in [-0.3, -0.25) is 9.59 Å². The Balaban J connectivity index is 2.09. The lowest BCUT2D eigenvalue weighted by atomic mass is 10.0. The van der Waals surface area contributed by atoms with Crippen LogP contribution >= 0.6 is 11.6 Å². The van der Waals surface area contributed by atoms with Crippen LogP contribution in [0.2, 0.25) is 5.02 Å². The Bertz CT molecular complexity index is 638. The Hall–Kier alpha value is -1.75. The Morgan fingerprint density at radius 2 is 1.67 bits per heavy atom. The number of halogens is 1. The van der Waals surface area contributed by atoms with Crippen molar-refractivity contribution in [2.75, 3.05) is 33.3 Å². The first-order chi connectivity index (χ1) is 11.4. The number of aryl methyl sites for hydroxylation is 1. The highest BCUT2D eigenvalue weighted by Crippen LogP contribution is 2.32. The number of carbonyl (C=O) groups excluding carboxylic acids is 2. The van der Waals surface area contributed by atoms with Crippen molar-refractivity contribution in [1.82, 2.24) is 9.80 Å². The number of ether oxygens (including phenoxy) is 1. The van der Waals surface area contributed by atoms with Crippen molar-refractivity contribution in [1.29, 1.82) is 0 Å². The average Bonchev–Trinajstić information content (AvgIpc) is 2.61. The van der Waals surface area contributed by atoms with Gasteiger partial charge in [0.1, 0.15) is 5.75 Å². The maximum atomic E-state index is 12.7. The van der Waals surface area contributed by atoms with Crippen LogP contribution in [0.15, 0.2) is 6.07 Å². The lowest BCUT2D eigenvalue weighted by Gasteiger charge is -2.35. The van der Waals surface area contributed by atoms with Gasteiger partial charge in [-0.15, -0.1) is 0 Å². The first-order valence-corrected chi connectivity index (χ1v) is 8.64. The molecule has 0 aromatic heterocycles. The van der Waals surface area contributed by atoms with Crippen molar-refractivity contribution in [3.05, 3.63) is 27.8 Å². The molecule has 0 atom stereocenters. The topological polar surface area (TPSA) is 49.9 Å². The van der Waals surface area contributed by atoms with Crippen LogP contribution in [-0.2, 0) is 16.0 Å². The summed E-state index contributed by atoms with van der Waals surface area (Å²) in [6.07, 6.45) is 0.767. The second-order valence-electron chi connectivity index (χ2n) is 6.11. The number of piperazine rings is 1. The van der Waals surface area contributed by atoms with Crippen LogP contribution in [0.4, 0.5) is 0 Å². The number of hydrogen-bond donors (Lipinski definition) is 0. The quantitative estimate of drug-likeness (QED) is 0.836. The minimum absolute atomic E-state index is 0.0416. The van der Waals surface area contributed by atoms with E-state index in [0.717, 1.165) is 16.7 Å². The fourth-order valence-corrected chi connectivity index (χ4v) is 3.22. The predicted octanol–water partition coefficient (Wildman–Crippen LogP) is 2.59. The van der Waals surface area contributed by atoms with Gasteiger partial charge in [0, 0.05) is 43.2 Å². The zero-order chi connectivity index (χ0) is 17.9. The molecular formula is C18H25ClN2O3. The molecule has 2 rings (SSSR count). The maximum absolute atomic E-state index is 12.7. The molecule has 0 N–H and O–H groups in total. The number of rotatable bonds is 4. The lowest BCUT2D eigenvalue weighted by molar-refractivity contribution is -0.139. The van der Waals surface area contributed by atoms with Crippen molar-refractivity contribution in [2.45, 2.75) is 33.6 Å². The third-order valence-corrected chi connectivity index (χ3v) is 5.19. The van der Waals surface area contributed by atoms with Crippen LogP contribution in [0.3, 0.4) is 0 Å². The van der Waals surface area contributed by atoms with Crippen LogP contribution in [-0.4, -0.2) is 54.9 Å². The summed E-state index contributed by atoms with van der Waals surface area (Å²) in [7, 11) is 1.60. The molecule has 24 heavy (non-hydrogen) atoms. The molecule has 1 aliphatic rings. The highest BCUT2D eigenvalue weighted by atomic mass is 35.5. The van der Waals surface area contributed by atoms with Crippen LogP contribution in [0.5, 0.6) is 5.75 Å². The summed E-state index contributed by atoms with van der Waals surface area (Å²) in [4.78, 5) is 28.0. The number of benzene rings is 1. The number of methoxy groups -OCH3 is 1. The second-order valence-corrected chi connectivity index (χ2v) is 6.48. The van der Waals surface area contributed by atoms with E-state index in [1.54, 1.807) is 7.11 Å². The molecule has 0 aliphatic carbocycles. The highest BCUT2D eigenvalue weighted by Gasteiger charge is 2.25. The van der Waals surface area contributed by atoms with Crippen LogP contribution < -0.4 is 4.74 Å². The van der Waals surface area contributed by atoms with Crippen molar-refractivity contribution >= 4 is 23.4 Å². The molecule has 0 spiro atoms. The summed E-state index contributed by atoms with van der Waals surface area (Å²) in [6, 6.07) is 1.87.